The van der Waals surface area contributed by atoms with Crippen molar-refractivity contribution in [3.05, 3.63) is 78.7 Å². The Morgan fingerprint density at radius 3 is 2.82 bits per heavy atom. The minimum absolute atomic E-state index is 0.0771. The molecule has 8 nitrogen and oxygen atoms in total. The molecule has 9 heteroatoms. The summed E-state index contributed by atoms with van der Waals surface area (Å²) in [6, 6.07) is 9.25. The van der Waals surface area contributed by atoms with Crippen molar-refractivity contribution in [3.63, 3.8) is 0 Å². The van der Waals surface area contributed by atoms with Crippen LogP contribution >= 0.6 is 0 Å². The predicted octanol–water partition coefficient (Wildman–Crippen LogP) is 4.00. The molecule has 33 heavy (non-hydrogen) atoms. The van der Waals surface area contributed by atoms with Gasteiger partial charge in [0, 0.05) is 35.4 Å². The topological polar surface area (TPSA) is 105 Å². The van der Waals surface area contributed by atoms with Gasteiger partial charge >= 0.3 is 0 Å². The second kappa shape index (κ2) is 10.2. The van der Waals surface area contributed by atoms with Gasteiger partial charge in [-0.1, -0.05) is 18.2 Å². The Labute approximate surface area is 190 Å². The molecule has 3 N–H and O–H groups in total. The number of anilines is 1. The Morgan fingerprint density at radius 2 is 2.00 bits per heavy atom. The van der Waals surface area contributed by atoms with Gasteiger partial charge in [-0.05, 0) is 38.0 Å². The minimum Gasteiger partial charge on any atom is -0.394 e. The molecule has 0 amide bonds. The summed E-state index contributed by atoms with van der Waals surface area (Å²) in [5.74, 6) is 0.876. The third-order valence-electron chi connectivity index (χ3n) is 5.33. The van der Waals surface area contributed by atoms with E-state index in [1.54, 1.807) is 24.0 Å². The zero-order chi connectivity index (χ0) is 23.2. The maximum absolute atomic E-state index is 13.9. The molecule has 170 valence electrons. The van der Waals surface area contributed by atoms with Crippen molar-refractivity contribution in [1.82, 2.24) is 29.5 Å². The second-order valence-corrected chi connectivity index (χ2v) is 7.74. The molecular weight excluding hydrogens is 421 g/mol. The lowest BCUT2D eigenvalue weighted by atomic mass is 10.1. The normalized spacial score (nSPS) is 11.9. The van der Waals surface area contributed by atoms with Gasteiger partial charge in [0.15, 0.2) is 5.82 Å². The molecule has 3 heterocycles. The monoisotopic (exact) mass is 447 g/mol. The summed E-state index contributed by atoms with van der Waals surface area (Å²) < 4.78 is 15.6. The number of pyridine rings is 1. The Morgan fingerprint density at radius 1 is 1.15 bits per heavy atom. The van der Waals surface area contributed by atoms with Crippen LogP contribution in [0.25, 0.3) is 22.3 Å². The molecule has 0 aliphatic heterocycles. The summed E-state index contributed by atoms with van der Waals surface area (Å²) in [6.07, 6.45) is 8.62. The maximum atomic E-state index is 13.9. The average molecular weight is 448 g/mol. The third kappa shape index (κ3) is 5.32. The first-order chi connectivity index (χ1) is 16.0. The van der Waals surface area contributed by atoms with Gasteiger partial charge in [-0.3, -0.25) is 4.98 Å². The zero-order valence-corrected chi connectivity index (χ0v) is 18.5. The van der Waals surface area contributed by atoms with Crippen molar-refractivity contribution in [2.75, 3.05) is 18.5 Å². The number of nitrogens with one attached hydrogen (secondary N) is 2. The molecule has 0 radical (unpaired) electrons. The quantitative estimate of drug-likeness (QED) is 0.396. The van der Waals surface area contributed by atoms with E-state index in [1.807, 2.05) is 31.3 Å². The summed E-state index contributed by atoms with van der Waals surface area (Å²) in [7, 11) is 0. The molecule has 0 saturated carbocycles. The number of halogens is 1. The van der Waals surface area contributed by atoms with Gasteiger partial charge in [-0.15, -0.1) is 0 Å². The molecule has 0 aliphatic carbocycles. The summed E-state index contributed by atoms with van der Waals surface area (Å²) in [6.45, 7) is 4.18. The first kappa shape index (κ1) is 22.3. The van der Waals surface area contributed by atoms with E-state index in [9.17, 15) is 9.50 Å². The van der Waals surface area contributed by atoms with Crippen molar-refractivity contribution in [2.45, 2.75) is 26.3 Å². The molecule has 0 saturated heterocycles. The van der Waals surface area contributed by atoms with E-state index >= 15 is 0 Å². The van der Waals surface area contributed by atoms with Crippen molar-refractivity contribution in [2.24, 2.45) is 0 Å². The Balaban J connectivity index is 1.68. The highest BCUT2D eigenvalue weighted by Gasteiger charge is 2.09. The first-order valence-corrected chi connectivity index (χ1v) is 10.7. The first-order valence-electron chi connectivity index (χ1n) is 10.7. The van der Waals surface area contributed by atoms with Gasteiger partial charge in [0.1, 0.15) is 17.5 Å². The van der Waals surface area contributed by atoms with E-state index in [4.69, 9.17) is 0 Å². The second-order valence-electron chi connectivity index (χ2n) is 7.74. The van der Waals surface area contributed by atoms with Crippen molar-refractivity contribution in [1.29, 1.82) is 0 Å². The van der Waals surface area contributed by atoms with Crippen LogP contribution in [0.15, 0.2) is 61.4 Å². The number of aliphatic hydroxyl groups excluding tert-OH is 1. The van der Waals surface area contributed by atoms with Crippen LogP contribution in [0.1, 0.15) is 24.4 Å². The number of para-hydroxylation sites is 1. The minimum atomic E-state index is -0.474. The molecule has 0 bridgehead atoms. The van der Waals surface area contributed by atoms with Crippen LogP contribution in [0.5, 0.6) is 0 Å². The van der Waals surface area contributed by atoms with Gasteiger partial charge in [-0.2, -0.15) is 0 Å². The van der Waals surface area contributed by atoms with Crippen LogP contribution in [-0.2, 0) is 6.42 Å². The van der Waals surface area contributed by atoms with E-state index in [1.165, 1.54) is 23.2 Å². The van der Waals surface area contributed by atoms with E-state index in [2.05, 4.69) is 36.3 Å². The number of aliphatic hydroxyl groups is 1. The fraction of sp³-hybridized carbons (Fsp3) is 0.250. The zero-order valence-electron chi connectivity index (χ0n) is 18.5. The molecule has 1 atom stereocenters. The molecular formula is C24H26FN7O. The smallest absolute Gasteiger partial charge is 0.165 e. The molecule has 3 aromatic heterocycles. The van der Waals surface area contributed by atoms with Crippen LogP contribution in [0, 0.1) is 12.7 Å². The number of nitrogens with zero attached hydrogens (tertiary/aromatic N) is 5. The highest BCUT2D eigenvalue weighted by Crippen LogP contribution is 2.19. The van der Waals surface area contributed by atoms with E-state index in [0.29, 0.717) is 29.6 Å². The van der Waals surface area contributed by atoms with Crippen LogP contribution < -0.4 is 5.32 Å². The molecule has 1 aromatic carbocycles. The number of aromatic nitrogens is 6. The molecule has 0 spiro atoms. The van der Waals surface area contributed by atoms with Crippen LogP contribution in [0.3, 0.4) is 0 Å². The van der Waals surface area contributed by atoms with Gasteiger partial charge < -0.3 is 20.0 Å². The van der Waals surface area contributed by atoms with Gasteiger partial charge in [0.25, 0.3) is 0 Å². The predicted molar refractivity (Wildman–Crippen MR) is 126 cm³/mol. The number of fused-ring (bicyclic) bond motifs is 1. The molecule has 0 fully saturated rings. The van der Waals surface area contributed by atoms with E-state index in [0.717, 1.165) is 18.1 Å². The van der Waals surface area contributed by atoms with Gasteiger partial charge in [0.2, 0.25) is 0 Å². The Hall–Kier alpha value is -3.85. The molecule has 4 rings (SSSR count). The summed E-state index contributed by atoms with van der Waals surface area (Å²) in [5, 5.41) is 14.1. The van der Waals surface area contributed by atoms with E-state index < -0.39 is 5.82 Å². The van der Waals surface area contributed by atoms with Crippen molar-refractivity contribution >= 4 is 16.7 Å². The number of benzene rings is 1. The SMILES string of the molecule is Cc1nc(-c2cncc(F)c2)nc(NCCc2c[nH]c3ccccc23)cncn1[C@H](C)CO. The lowest BCUT2D eigenvalue weighted by Gasteiger charge is -2.13. The maximum Gasteiger partial charge on any atom is 0.165 e. The molecule has 0 aliphatic rings. The highest BCUT2D eigenvalue weighted by molar-refractivity contribution is 5.83. The fourth-order valence-electron chi connectivity index (χ4n) is 3.57. The number of H-pyrrole nitrogens is 1. The number of hydrogen-bond donors (Lipinski definition) is 3. The standard InChI is InChI=1S/C24H26FN7O/c1-16(14-33)32-15-27-13-23(28-8-7-18-11-29-22-6-4-3-5-21(18)22)31-24(30-17(32)2)19-9-20(25)12-26-10-19/h3-6,9-13,15-16,28-29,33H,7-8,14H2,1-2H3/t16-/m1/s1. The Bertz CT molecular complexity index is 1300. The van der Waals surface area contributed by atoms with Gasteiger partial charge in [-0.25, -0.2) is 19.3 Å². The molecule has 0 unspecified atom stereocenters. The van der Waals surface area contributed by atoms with Crippen LogP contribution in [0.4, 0.5) is 10.2 Å². The number of hydrogen-bond acceptors (Lipinski definition) is 6. The number of aromatic amines is 1. The fourth-order valence-corrected chi connectivity index (χ4v) is 3.57. The Kier molecular flexibility index (Phi) is 6.89. The van der Waals surface area contributed by atoms with E-state index in [-0.39, 0.29) is 12.6 Å². The largest absolute Gasteiger partial charge is 0.394 e. The molecule has 4 aromatic rings. The summed E-state index contributed by atoms with van der Waals surface area (Å²) in [4.78, 5) is 20.8. The summed E-state index contributed by atoms with van der Waals surface area (Å²) in [5.41, 5.74) is 2.73. The van der Waals surface area contributed by atoms with Crippen molar-refractivity contribution < 1.29 is 9.50 Å². The number of rotatable bonds is 7. The highest BCUT2D eigenvalue weighted by atomic mass is 19.1. The average Bonchev–Trinajstić information content (AvgIpc) is 3.25. The van der Waals surface area contributed by atoms with Crippen LogP contribution in [0.2, 0.25) is 0 Å². The van der Waals surface area contributed by atoms with Crippen molar-refractivity contribution in [3.8, 4) is 11.4 Å². The lowest BCUT2D eigenvalue weighted by Crippen LogP contribution is -2.12. The lowest BCUT2D eigenvalue weighted by molar-refractivity contribution is 0.235. The van der Waals surface area contributed by atoms with Gasteiger partial charge in [0.05, 0.1) is 31.4 Å². The third-order valence-corrected chi connectivity index (χ3v) is 5.33. The van der Waals surface area contributed by atoms with Crippen LogP contribution in [-0.4, -0.2) is 47.7 Å². The summed E-state index contributed by atoms with van der Waals surface area (Å²) >= 11 is 0. The number of aryl methyl sites for hydroxylation is 1.